The van der Waals surface area contributed by atoms with Crippen LogP contribution in [-0.2, 0) is 24.2 Å². The lowest BCUT2D eigenvalue weighted by molar-refractivity contribution is 0.483. The smallest absolute Gasteiger partial charge is 0.332 e. The molecule has 0 fully saturated rings. The standard InChI is InChI=1S/C13H12N4O5S.2H2O/c1-16-11-9(12(18)17(2)13(16)19)14-10(15-11)7-3-5-8(6-4-7)23(20,21)22;;/h3-6H,1-2H3,(H,14,15)(H,20,21,22);2*1H2. The zero-order chi connectivity index (χ0) is 16.9. The predicted octanol–water partition coefficient (Wildman–Crippen LogP) is -1.78. The highest BCUT2D eigenvalue weighted by molar-refractivity contribution is 7.85. The Morgan fingerprint density at radius 2 is 1.60 bits per heavy atom. The van der Waals surface area contributed by atoms with E-state index < -0.39 is 21.4 Å². The number of imidazole rings is 1. The van der Waals surface area contributed by atoms with Crippen LogP contribution in [0.3, 0.4) is 0 Å². The predicted molar refractivity (Wildman–Crippen MR) is 89.1 cm³/mol. The highest BCUT2D eigenvalue weighted by atomic mass is 32.2. The van der Waals surface area contributed by atoms with Gasteiger partial charge >= 0.3 is 5.69 Å². The number of fused-ring (bicyclic) bond motifs is 1. The van der Waals surface area contributed by atoms with Gasteiger partial charge in [-0.2, -0.15) is 8.42 Å². The topological polar surface area (TPSA) is 190 Å². The number of hydrogen-bond donors (Lipinski definition) is 2. The molecule has 0 unspecified atom stereocenters. The van der Waals surface area contributed by atoms with Crippen molar-refractivity contribution in [1.82, 2.24) is 19.1 Å². The van der Waals surface area contributed by atoms with Gasteiger partial charge in [0.2, 0.25) is 0 Å². The fourth-order valence-corrected chi connectivity index (χ4v) is 2.73. The van der Waals surface area contributed by atoms with Crippen molar-refractivity contribution in [3.05, 3.63) is 45.1 Å². The molecular formula is C13H16N4O7S. The van der Waals surface area contributed by atoms with Crippen LogP contribution in [0, 0.1) is 0 Å². The molecule has 0 saturated heterocycles. The molecule has 0 radical (unpaired) electrons. The fraction of sp³-hybridized carbons (Fsp3) is 0.154. The van der Waals surface area contributed by atoms with Gasteiger partial charge in [-0.05, 0) is 24.3 Å². The maximum Gasteiger partial charge on any atom is 0.332 e. The molecular weight excluding hydrogens is 356 g/mol. The minimum absolute atomic E-state index is 0. The van der Waals surface area contributed by atoms with Gasteiger partial charge in [-0.3, -0.25) is 18.5 Å². The Hall–Kier alpha value is -2.80. The third-order valence-electron chi connectivity index (χ3n) is 3.52. The van der Waals surface area contributed by atoms with E-state index in [-0.39, 0.29) is 27.0 Å². The maximum absolute atomic E-state index is 12.1. The molecule has 0 bridgehead atoms. The average molecular weight is 372 g/mol. The molecule has 0 atom stereocenters. The Kier molecular flexibility index (Phi) is 5.35. The monoisotopic (exact) mass is 372 g/mol. The Morgan fingerprint density at radius 1 is 1.04 bits per heavy atom. The quantitative estimate of drug-likeness (QED) is 0.500. The van der Waals surface area contributed by atoms with Crippen LogP contribution in [0.2, 0.25) is 0 Å². The number of aryl methyl sites for hydroxylation is 1. The first kappa shape index (κ1) is 20.2. The molecule has 0 aliphatic carbocycles. The fourth-order valence-electron chi connectivity index (χ4n) is 2.25. The van der Waals surface area contributed by atoms with Gasteiger partial charge in [-0.15, -0.1) is 0 Å². The van der Waals surface area contributed by atoms with Crippen molar-refractivity contribution in [2.75, 3.05) is 0 Å². The van der Waals surface area contributed by atoms with Gasteiger partial charge < -0.3 is 15.9 Å². The van der Waals surface area contributed by atoms with Gasteiger partial charge in [0.05, 0.1) is 4.90 Å². The normalized spacial score (nSPS) is 11.0. The van der Waals surface area contributed by atoms with E-state index in [1.807, 2.05) is 0 Å². The number of aromatic nitrogens is 4. The highest BCUT2D eigenvalue weighted by Gasteiger charge is 2.15. The molecule has 0 saturated carbocycles. The molecule has 3 rings (SSSR count). The van der Waals surface area contributed by atoms with Crippen molar-refractivity contribution in [1.29, 1.82) is 0 Å². The molecule has 1 aromatic carbocycles. The van der Waals surface area contributed by atoms with Crippen molar-refractivity contribution in [2.45, 2.75) is 4.90 Å². The van der Waals surface area contributed by atoms with Crippen LogP contribution in [0.1, 0.15) is 0 Å². The molecule has 3 aromatic rings. The molecule has 25 heavy (non-hydrogen) atoms. The van der Waals surface area contributed by atoms with Crippen molar-refractivity contribution >= 4 is 21.3 Å². The second-order valence-corrected chi connectivity index (χ2v) is 6.41. The summed E-state index contributed by atoms with van der Waals surface area (Å²) >= 11 is 0. The summed E-state index contributed by atoms with van der Waals surface area (Å²) in [4.78, 5) is 30.8. The zero-order valence-corrected chi connectivity index (χ0v) is 14.0. The Balaban J connectivity index is 0.00000156. The highest BCUT2D eigenvalue weighted by Crippen LogP contribution is 2.20. The lowest BCUT2D eigenvalue weighted by atomic mass is 10.2. The van der Waals surface area contributed by atoms with E-state index in [0.29, 0.717) is 11.4 Å². The van der Waals surface area contributed by atoms with Crippen LogP contribution in [-0.4, -0.2) is 43.0 Å². The van der Waals surface area contributed by atoms with Crippen LogP contribution >= 0.6 is 0 Å². The van der Waals surface area contributed by atoms with Crippen LogP contribution in [0.5, 0.6) is 0 Å². The maximum atomic E-state index is 12.1. The summed E-state index contributed by atoms with van der Waals surface area (Å²) in [6, 6.07) is 5.30. The van der Waals surface area contributed by atoms with Gasteiger partial charge in [0.1, 0.15) is 11.3 Å². The first-order valence-electron chi connectivity index (χ1n) is 6.44. The summed E-state index contributed by atoms with van der Waals surface area (Å²) in [5.74, 6) is 0.306. The molecule has 0 spiro atoms. The summed E-state index contributed by atoms with van der Waals surface area (Å²) in [6.07, 6.45) is 0. The van der Waals surface area contributed by atoms with E-state index in [4.69, 9.17) is 4.55 Å². The number of H-pyrrole nitrogens is 1. The molecule has 12 heteroatoms. The van der Waals surface area contributed by atoms with E-state index in [9.17, 15) is 18.0 Å². The van der Waals surface area contributed by atoms with Gasteiger partial charge in [-0.25, -0.2) is 9.78 Å². The van der Waals surface area contributed by atoms with Gasteiger partial charge in [0, 0.05) is 19.7 Å². The van der Waals surface area contributed by atoms with Crippen LogP contribution in [0.15, 0.2) is 38.8 Å². The number of hydrogen-bond acceptors (Lipinski definition) is 5. The lowest BCUT2D eigenvalue weighted by Gasteiger charge is -2.00. The second-order valence-electron chi connectivity index (χ2n) is 4.99. The average Bonchev–Trinajstić information content (AvgIpc) is 2.95. The Labute approximate surface area is 140 Å². The molecule has 11 nitrogen and oxygen atoms in total. The molecule has 2 heterocycles. The third kappa shape index (κ3) is 3.23. The minimum atomic E-state index is -4.28. The molecule has 0 aliphatic heterocycles. The number of nitrogens with one attached hydrogen (secondary N) is 1. The minimum Gasteiger partial charge on any atom is -0.412 e. The molecule has 0 aliphatic rings. The summed E-state index contributed by atoms with van der Waals surface area (Å²) in [7, 11) is -1.42. The van der Waals surface area contributed by atoms with E-state index in [2.05, 4.69) is 9.97 Å². The number of aromatic amines is 1. The van der Waals surface area contributed by atoms with Gasteiger partial charge in [0.25, 0.3) is 15.7 Å². The van der Waals surface area contributed by atoms with Crippen LogP contribution in [0.4, 0.5) is 0 Å². The number of nitrogens with zero attached hydrogens (tertiary/aromatic N) is 3. The summed E-state index contributed by atoms with van der Waals surface area (Å²) in [5, 5.41) is 0. The van der Waals surface area contributed by atoms with E-state index in [1.54, 1.807) is 0 Å². The summed E-state index contributed by atoms with van der Waals surface area (Å²) < 4.78 is 33.2. The lowest BCUT2D eigenvalue weighted by Crippen LogP contribution is -2.36. The van der Waals surface area contributed by atoms with Gasteiger partial charge in [0.15, 0.2) is 5.65 Å². The number of benzene rings is 1. The molecule has 0 amide bonds. The zero-order valence-electron chi connectivity index (χ0n) is 13.1. The van der Waals surface area contributed by atoms with Crippen molar-refractivity contribution in [3.8, 4) is 11.4 Å². The van der Waals surface area contributed by atoms with Crippen molar-refractivity contribution in [2.24, 2.45) is 14.1 Å². The van der Waals surface area contributed by atoms with Crippen LogP contribution < -0.4 is 11.2 Å². The summed E-state index contributed by atoms with van der Waals surface area (Å²) in [6.45, 7) is 0. The van der Waals surface area contributed by atoms with Gasteiger partial charge in [-0.1, -0.05) is 0 Å². The Morgan fingerprint density at radius 3 is 2.12 bits per heavy atom. The van der Waals surface area contributed by atoms with E-state index in [1.165, 1.54) is 42.9 Å². The van der Waals surface area contributed by atoms with E-state index in [0.717, 1.165) is 4.57 Å². The van der Waals surface area contributed by atoms with Crippen LogP contribution in [0.25, 0.3) is 22.6 Å². The SMILES string of the molecule is Cn1c(=O)c2[nH]c(-c3ccc(S(=O)(=O)O)cc3)nc2n(C)c1=O.O.O. The van der Waals surface area contributed by atoms with Crippen molar-refractivity contribution < 1.29 is 23.9 Å². The first-order chi connectivity index (χ1) is 10.7. The van der Waals surface area contributed by atoms with E-state index >= 15 is 0 Å². The third-order valence-corrected chi connectivity index (χ3v) is 4.39. The molecule has 2 aromatic heterocycles. The Bertz CT molecular complexity index is 1140. The summed E-state index contributed by atoms with van der Waals surface area (Å²) in [5.41, 5.74) is -0.128. The number of rotatable bonds is 2. The largest absolute Gasteiger partial charge is 0.412 e. The first-order valence-corrected chi connectivity index (χ1v) is 7.88. The second kappa shape index (κ2) is 6.60. The molecule has 6 N–H and O–H groups in total. The molecule has 136 valence electrons. The van der Waals surface area contributed by atoms with Crippen molar-refractivity contribution in [3.63, 3.8) is 0 Å².